The first-order chi connectivity index (χ1) is 5.36. The molecule has 2 rings (SSSR count). The average molecular weight is 233 g/mol. The molecular formula is C10H11Cl2P. The number of hydrogen-bond acceptors (Lipinski definition) is 0. The van der Waals surface area contributed by atoms with Gasteiger partial charge in [-0.05, 0) is 22.1 Å². The van der Waals surface area contributed by atoms with Crippen LogP contribution in [0.25, 0.3) is 10.8 Å². The molecule has 0 spiro atoms. The van der Waals surface area contributed by atoms with Crippen LogP contribution in [-0.4, -0.2) is 0 Å². The predicted molar refractivity (Wildman–Crippen MR) is 67.8 cm³/mol. The van der Waals surface area contributed by atoms with Gasteiger partial charge in [0.15, 0.2) is 0 Å². The number of rotatable bonds is 0. The van der Waals surface area contributed by atoms with Crippen molar-refractivity contribution in [3.8, 4) is 0 Å². The summed E-state index contributed by atoms with van der Waals surface area (Å²) in [5.74, 6) is 0. The van der Waals surface area contributed by atoms with Gasteiger partial charge < -0.3 is 0 Å². The normalized spacial score (nSPS) is 8.69. The van der Waals surface area contributed by atoms with Crippen LogP contribution in [0, 0.1) is 0 Å². The van der Waals surface area contributed by atoms with Crippen molar-refractivity contribution in [3.05, 3.63) is 42.5 Å². The molecule has 13 heavy (non-hydrogen) atoms. The van der Waals surface area contributed by atoms with Crippen molar-refractivity contribution in [1.82, 2.24) is 0 Å². The fourth-order valence-corrected chi connectivity index (χ4v) is 1.48. The summed E-state index contributed by atoms with van der Waals surface area (Å²) in [7, 11) is 2.70. The van der Waals surface area contributed by atoms with Crippen LogP contribution in [0.3, 0.4) is 0 Å². The van der Waals surface area contributed by atoms with Gasteiger partial charge in [-0.1, -0.05) is 36.4 Å². The van der Waals surface area contributed by atoms with E-state index >= 15 is 0 Å². The minimum absolute atomic E-state index is 0. The predicted octanol–water partition coefficient (Wildman–Crippen LogP) is 3.18. The Kier molecular flexibility index (Phi) is 5.32. The molecule has 0 aliphatic rings. The maximum Gasteiger partial charge on any atom is -0.0178 e. The van der Waals surface area contributed by atoms with E-state index in [0.29, 0.717) is 0 Å². The lowest BCUT2D eigenvalue weighted by Gasteiger charge is -1.96. The largest absolute Gasteiger partial charge is 0.147 e. The van der Waals surface area contributed by atoms with E-state index in [1.165, 1.54) is 16.1 Å². The monoisotopic (exact) mass is 232 g/mol. The lowest BCUT2D eigenvalue weighted by atomic mass is 10.1. The highest BCUT2D eigenvalue weighted by Crippen LogP contribution is 2.11. The molecule has 2 aromatic carbocycles. The zero-order valence-electron chi connectivity index (χ0n) is 6.94. The van der Waals surface area contributed by atoms with Crippen LogP contribution >= 0.6 is 34.1 Å². The average Bonchev–Trinajstić information content (AvgIpc) is 2.04. The van der Waals surface area contributed by atoms with Gasteiger partial charge in [-0.2, -0.15) is 0 Å². The minimum Gasteiger partial charge on any atom is -0.147 e. The number of hydrogen-bond donors (Lipinski definition) is 0. The molecule has 3 heteroatoms. The topological polar surface area (TPSA) is 0 Å². The van der Waals surface area contributed by atoms with Crippen molar-refractivity contribution >= 4 is 50.1 Å². The summed E-state index contributed by atoms with van der Waals surface area (Å²) in [6, 6.07) is 14.8. The third kappa shape index (κ3) is 2.84. The van der Waals surface area contributed by atoms with Crippen LogP contribution in [-0.2, 0) is 0 Å². The summed E-state index contributed by atoms with van der Waals surface area (Å²) in [5, 5.41) is 3.85. The van der Waals surface area contributed by atoms with Crippen molar-refractivity contribution in [2.45, 2.75) is 0 Å². The van der Waals surface area contributed by atoms with Crippen molar-refractivity contribution in [2.24, 2.45) is 0 Å². The first-order valence-corrected chi connectivity index (χ1v) is 4.18. The van der Waals surface area contributed by atoms with Gasteiger partial charge in [-0.3, -0.25) is 0 Å². The van der Waals surface area contributed by atoms with Gasteiger partial charge in [0.1, 0.15) is 0 Å². The summed E-state index contributed by atoms with van der Waals surface area (Å²) < 4.78 is 0. The first kappa shape index (κ1) is 12.7. The van der Waals surface area contributed by atoms with E-state index in [4.69, 9.17) is 0 Å². The lowest BCUT2D eigenvalue weighted by Crippen LogP contribution is -1.86. The van der Waals surface area contributed by atoms with Crippen LogP contribution in [0.4, 0.5) is 0 Å². The Labute approximate surface area is 92.7 Å². The highest BCUT2D eigenvalue weighted by atomic mass is 35.5. The molecule has 1 unspecified atom stereocenters. The Balaban J connectivity index is 0.000000720. The Morgan fingerprint density at radius 2 is 1.38 bits per heavy atom. The third-order valence-electron chi connectivity index (χ3n) is 1.77. The van der Waals surface area contributed by atoms with E-state index in [9.17, 15) is 0 Å². The number of benzene rings is 2. The van der Waals surface area contributed by atoms with Crippen LogP contribution < -0.4 is 5.30 Å². The highest BCUT2D eigenvalue weighted by molar-refractivity contribution is 7.27. The first-order valence-electron chi connectivity index (χ1n) is 3.60. The van der Waals surface area contributed by atoms with E-state index in [0.717, 1.165) is 0 Å². The molecule has 0 radical (unpaired) electrons. The zero-order chi connectivity index (χ0) is 7.68. The summed E-state index contributed by atoms with van der Waals surface area (Å²) in [4.78, 5) is 0. The number of fused-ring (bicyclic) bond motifs is 1. The Hall–Kier alpha value is -0.290. The van der Waals surface area contributed by atoms with E-state index in [1.54, 1.807) is 0 Å². The quantitative estimate of drug-likeness (QED) is 0.613. The molecule has 0 aliphatic carbocycles. The highest BCUT2D eigenvalue weighted by Gasteiger charge is 1.89. The van der Waals surface area contributed by atoms with Crippen LogP contribution in [0.15, 0.2) is 42.5 Å². The van der Waals surface area contributed by atoms with Gasteiger partial charge in [0, 0.05) is 0 Å². The molecule has 1 atom stereocenters. The molecule has 0 saturated heterocycles. The molecule has 70 valence electrons. The second-order valence-corrected chi connectivity index (χ2v) is 3.27. The second-order valence-electron chi connectivity index (χ2n) is 2.61. The van der Waals surface area contributed by atoms with E-state index in [-0.39, 0.29) is 24.8 Å². The van der Waals surface area contributed by atoms with Gasteiger partial charge in [0.2, 0.25) is 0 Å². The summed E-state index contributed by atoms with van der Waals surface area (Å²) in [5.41, 5.74) is 0. The molecule has 0 N–H and O–H groups in total. The Bertz CT molecular complexity index is 387. The van der Waals surface area contributed by atoms with Gasteiger partial charge in [-0.25, -0.2) is 0 Å². The maximum atomic E-state index is 2.70. The standard InChI is InChI=1S/C10H9P.2ClH/c11-10-6-5-8-3-1-2-4-9(8)7-10;;/h1-7H,11H2;2*1H. The molecule has 0 aromatic heterocycles. The fraction of sp³-hybridized carbons (Fsp3) is 0. The van der Waals surface area contributed by atoms with Crippen LogP contribution in [0.5, 0.6) is 0 Å². The van der Waals surface area contributed by atoms with E-state index in [2.05, 4.69) is 51.7 Å². The summed E-state index contributed by atoms with van der Waals surface area (Å²) in [6.45, 7) is 0. The number of halogens is 2. The van der Waals surface area contributed by atoms with Gasteiger partial charge in [0.25, 0.3) is 0 Å². The van der Waals surface area contributed by atoms with E-state index < -0.39 is 0 Å². The Morgan fingerprint density at radius 1 is 0.769 bits per heavy atom. The van der Waals surface area contributed by atoms with Crippen LogP contribution in [0.1, 0.15) is 0 Å². The molecule has 0 bridgehead atoms. The van der Waals surface area contributed by atoms with Crippen molar-refractivity contribution in [2.75, 3.05) is 0 Å². The summed E-state index contributed by atoms with van der Waals surface area (Å²) >= 11 is 0. The Morgan fingerprint density at radius 3 is 2.08 bits per heavy atom. The third-order valence-corrected chi connectivity index (χ3v) is 2.13. The molecule has 0 heterocycles. The van der Waals surface area contributed by atoms with Gasteiger partial charge >= 0.3 is 0 Å². The second kappa shape index (κ2) is 5.44. The van der Waals surface area contributed by atoms with Gasteiger partial charge in [0.05, 0.1) is 0 Å². The fourth-order valence-electron chi connectivity index (χ4n) is 1.21. The smallest absolute Gasteiger partial charge is 0.0178 e. The van der Waals surface area contributed by atoms with Crippen molar-refractivity contribution < 1.29 is 0 Å². The van der Waals surface area contributed by atoms with Crippen LogP contribution in [0.2, 0.25) is 0 Å². The lowest BCUT2D eigenvalue weighted by molar-refractivity contribution is 1.79. The van der Waals surface area contributed by atoms with Gasteiger partial charge in [-0.15, -0.1) is 34.1 Å². The SMILES string of the molecule is Cl.Cl.Pc1ccc2ccccc2c1. The maximum absolute atomic E-state index is 2.70. The molecule has 0 aliphatic heterocycles. The minimum atomic E-state index is 0. The molecular weight excluding hydrogens is 222 g/mol. The van der Waals surface area contributed by atoms with Crippen molar-refractivity contribution in [3.63, 3.8) is 0 Å². The van der Waals surface area contributed by atoms with E-state index in [1.807, 2.05) is 0 Å². The molecule has 0 nitrogen and oxygen atoms in total. The zero-order valence-corrected chi connectivity index (χ0v) is 9.72. The molecule has 2 aromatic rings. The van der Waals surface area contributed by atoms with Crippen molar-refractivity contribution in [1.29, 1.82) is 0 Å². The molecule has 0 fully saturated rings. The molecule has 0 amide bonds. The summed E-state index contributed by atoms with van der Waals surface area (Å²) in [6.07, 6.45) is 0. The molecule has 0 saturated carbocycles.